The molecule has 2 rings (SSSR count). The third-order valence-electron chi connectivity index (χ3n) is 4.29. The van der Waals surface area contributed by atoms with E-state index in [0.29, 0.717) is 6.04 Å². The lowest BCUT2D eigenvalue weighted by Gasteiger charge is -2.31. The molecule has 21 heavy (non-hydrogen) atoms. The van der Waals surface area contributed by atoms with Crippen LogP contribution in [-0.2, 0) is 11.2 Å². The number of rotatable bonds is 5. The molecule has 1 aliphatic rings. The molecule has 3 unspecified atom stereocenters. The molecule has 1 fully saturated rings. The van der Waals surface area contributed by atoms with Crippen molar-refractivity contribution in [3.05, 3.63) is 35.6 Å². The maximum atomic E-state index is 13.1. The monoisotopic (exact) mass is 292 g/mol. The first-order valence-electron chi connectivity index (χ1n) is 7.84. The summed E-state index contributed by atoms with van der Waals surface area (Å²) in [5.41, 5.74) is 0.947. The molecule has 0 bridgehead atoms. The van der Waals surface area contributed by atoms with E-state index in [2.05, 4.69) is 17.6 Å². The number of carbonyl (C=O) groups is 1. The number of hydrogen-bond acceptors (Lipinski definition) is 2. The average Bonchev–Trinajstić information content (AvgIpc) is 2.47. The summed E-state index contributed by atoms with van der Waals surface area (Å²) in [6.45, 7) is 5.08. The molecule has 3 atom stereocenters. The van der Waals surface area contributed by atoms with E-state index in [1.165, 1.54) is 12.1 Å². The Morgan fingerprint density at radius 3 is 3.05 bits per heavy atom. The van der Waals surface area contributed by atoms with E-state index >= 15 is 0 Å². The Bertz CT molecular complexity index is 478. The van der Waals surface area contributed by atoms with Crippen LogP contribution in [0.2, 0.25) is 0 Å². The Balaban J connectivity index is 1.79. The molecule has 1 aromatic carbocycles. The van der Waals surface area contributed by atoms with Crippen molar-refractivity contribution in [1.82, 2.24) is 10.6 Å². The van der Waals surface area contributed by atoms with Gasteiger partial charge in [-0.2, -0.15) is 0 Å². The third kappa shape index (κ3) is 4.81. The Morgan fingerprint density at radius 2 is 2.33 bits per heavy atom. The highest BCUT2D eigenvalue weighted by Gasteiger charge is 2.24. The number of halogens is 1. The summed E-state index contributed by atoms with van der Waals surface area (Å²) in [7, 11) is 0. The molecule has 1 aliphatic heterocycles. The van der Waals surface area contributed by atoms with Crippen molar-refractivity contribution in [2.75, 3.05) is 6.54 Å². The maximum absolute atomic E-state index is 13.1. The minimum Gasteiger partial charge on any atom is -0.352 e. The predicted octanol–water partition coefficient (Wildman–Crippen LogP) is 2.65. The third-order valence-corrected chi connectivity index (χ3v) is 4.29. The van der Waals surface area contributed by atoms with Crippen molar-refractivity contribution < 1.29 is 9.18 Å². The molecule has 1 aromatic rings. The van der Waals surface area contributed by atoms with Crippen LogP contribution in [0.25, 0.3) is 0 Å². The van der Waals surface area contributed by atoms with Gasteiger partial charge >= 0.3 is 0 Å². The summed E-state index contributed by atoms with van der Waals surface area (Å²) >= 11 is 0. The van der Waals surface area contributed by atoms with E-state index in [9.17, 15) is 9.18 Å². The molecule has 1 saturated heterocycles. The van der Waals surface area contributed by atoms with Gasteiger partial charge in [-0.3, -0.25) is 4.79 Å². The zero-order valence-corrected chi connectivity index (χ0v) is 12.9. The van der Waals surface area contributed by atoms with Crippen LogP contribution in [0.3, 0.4) is 0 Å². The zero-order chi connectivity index (χ0) is 15.2. The van der Waals surface area contributed by atoms with Crippen molar-refractivity contribution in [3.8, 4) is 0 Å². The van der Waals surface area contributed by atoms with Gasteiger partial charge in [-0.1, -0.05) is 19.1 Å². The highest BCUT2D eigenvalue weighted by Crippen LogP contribution is 2.13. The molecular formula is C17H25FN2O. The number of amides is 1. The van der Waals surface area contributed by atoms with Crippen LogP contribution in [0.4, 0.5) is 4.39 Å². The molecule has 4 heteroatoms. The Hall–Kier alpha value is -1.42. The van der Waals surface area contributed by atoms with Gasteiger partial charge in [0, 0.05) is 18.0 Å². The molecule has 3 nitrogen and oxygen atoms in total. The number of piperidine rings is 1. The van der Waals surface area contributed by atoms with E-state index in [4.69, 9.17) is 0 Å². The van der Waals surface area contributed by atoms with Crippen LogP contribution >= 0.6 is 0 Å². The summed E-state index contributed by atoms with van der Waals surface area (Å²) in [5, 5.41) is 6.52. The van der Waals surface area contributed by atoms with Crippen LogP contribution in [0.15, 0.2) is 24.3 Å². The fourth-order valence-electron chi connectivity index (χ4n) is 2.77. The van der Waals surface area contributed by atoms with E-state index in [-0.39, 0.29) is 23.7 Å². The lowest BCUT2D eigenvalue weighted by Crippen LogP contribution is -2.52. The maximum Gasteiger partial charge on any atom is 0.223 e. The van der Waals surface area contributed by atoms with Crippen molar-refractivity contribution >= 4 is 5.91 Å². The fourth-order valence-corrected chi connectivity index (χ4v) is 2.77. The summed E-state index contributed by atoms with van der Waals surface area (Å²) in [6.07, 6.45) is 3.61. The van der Waals surface area contributed by atoms with E-state index in [1.807, 2.05) is 13.0 Å². The van der Waals surface area contributed by atoms with Crippen molar-refractivity contribution in [2.24, 2.45) is 5.92 Å². The van der Waals surface area contributed by atoms with Gasteiger partial charge in [0.2, 0.25) is 5.91 Å². The van der Waals surface area contributed by atoms with E-state index in [0.717, 1.165) is 37.8 Å². The van der Waals surface area contributed by atoms with Gasteiger partial charge in [-0.15, -0.1) is 0 Å². The first-order chi connectivity index (χ1) is 10.1. The Morgan fingerprint density at radius 1 is 1.52 bits per heavy atom. The topological polar surface area (TPSA) is 41.1 Å². The number of hydrogen-bond donors (Lipinski definition) is 2. The van der Waals surface area contributed by atoms with E-state index < -0.39 is 0 Å². The molecule has 0 spiro atoms. The standard InChI is InChI=1S/C17H25FN2O/c1-12(8-9-14-5-3-6-15(18)11-14)17(21)20-16-7-4-10-19-13(16)2/h3,5-6,11-13,16,19H,4,7-10H2,1-2H3,(H,20,21). The van der Waals surface area contributed by atoms with Gasteiger partial charge < -0.3 is 10.6 Å². The van der Waals surface area contributed by atoms with Crippen molar-refractivity contribution in [1.29, 1.82) is 0 Å². The number of nitrogens with one attached hydrogen (secondary N) is 2. The average molecular weight is 292 g/mol. The zero-order valence-electron chi connectivity index (χ0n) is 12.9. The Labute approximate surface area is 126 Å². The van der Waals surface area contributed by atoms with Gasteiger partial charge in [0.25, 0.3) is 0 Å². The van der Waals surface area contributed by atoms with Gasteiger partial charge in [0.05, 0.1) is 0 Å². The highest BCUT2D eigenvalue weighted by molar-refractivity contribution is 5.78. The van der Waals surface area contributed by atoms with Crippen LogP contribution in [0, 0.1) is 11.7 Å². The summed E-state index contributed by atoms with van der Waals surface area (Å²) in [6, 6.07) is 7.15. The second-order valence-corrected chi connectivity index (χ2v) is 6.07. The second-order valence-electron chi connectivity index (χ2n) is 6.07. The fraction of sp³-hybridized carbons (Fsp3) is 0.588. The summed E-state index contributed by atoms with van der Waals surface area (Å²) < 4.78 is 13.1. The predicted molar refractivity (Wildman–Crippen MR) is 82.5 cm³/mol. The molecule has 116 valence electrons. The molecule has 0 aromatic heterocycles. The summed E-state index contributed by atoms with van der Waals surface area (Å²) in [5.74, 6) is -0.166. The van der Waals surface area contributed by atoms with Gasteiger partial charge in [0.1, 0.15) is 5.82 Å². The lowest BCUT2D eigenvalue weighted by molar-refractivity contribution is -0.125. The molecule has 1 heterocycles. The van der Waals surface area contributed by atoms with Crippen LogP contribution in [0.5, 0.6) is 0 Å². The van der Waals surface area contributed by atoms with Crippen molar-refractivity contribution in [3.63, 3.8) is 0 Å². The molecule has 1 amide bonds. The summed E-state index contributed by atoms with van der Waals surface area (Å²) in [4.78, 5) is 12.2. The number of benzene rings is 1. The minimum absolute atomic E-state index is 0.0533. The van der Waals surface area contributed by atoms with Gasteiger partial charge in [-0.05, 0) is 56.8 Å². The normalized spacial score (nSPS) is 23.6. The first kappa shape index (κ1) is 16.0. The number of aryl methyl sites for hydroxylation is 1. The Kier molecular flexibility index (Phi) is 5.74. The number of carbonyl (C=O) groups excluding carboxylic acids is 1. The van der Waals surface area contributed by atoms with Crippen LogP contribution in [0.1, 0.15) is 38.7 Å². The van der Waals surface area contributed by atoms with Crippen LogP contribution in [-0.4, -0.2) is 24.5 Å². The van der Waals surface area contributed by atoms with Gasteiger partial charge in [0.15, 0.2) is 0 Å². The molecular weight excluding hydrogens is 267 g/mol. The quantitative estimate of drug-likeness (QED) is 0.876. The smallest absolute Gasteiger partial charge is 0.223 e. The SMILES string of the molecule is CC(CCc1cccc(F)c1)C(=O)NC1CCCNC1C. The second kappa shape index (κ2) is 7.55. The lowest BCUT2D eigenvalue weighted by atomic mass is 9.96. The largest absolute Gasteiger partial charge is 0.352 e. The first-order valence-corrected chi connectivity index (χ1v) is 7.84. The highest BCUT2D eigenvalue weighted by atomic mass is 19.1. The van der Waals surface area contributed by atoms with Crippen LogP contribution < -0.4 is 10.6 Å². The van der Waals surface area contributed by atoms with Gasteiger partial charge in [-0.25, -0.2) is 4.39 Å². The van der Waals surface area contributed by atoms with Crippen molar-refractivity contribution in [2.45, 2.75) is 51.6 Å². The minimum atomic E-state index is -0.216. The molecule has 2 N–H and O–H groups in total. The van der Waals surface area contributed by atoms with E-state index in [1.54, 1.807) is 6.07 Å². The molecule has 0 radical (unpaired) electrons. The molecule has 0 aliphatic carbocycles. The molecule has 0 saturated carbocycles.